The SMILES string of the molecule is COc1nc(-c2cccc(Br)c2)sc1C(=O)N(C)OC. The van der Waals surface area contributed by atoms with Crippen LogP contribution >= 0.6 is 27.3 Å². The van der Waals surface area contributed by atoms with Crippen LogP contribution in [-0.4, -0.2) is 37.2 Å². The maximum atomic E-state index is 12.1. The summed E-state index contributed by atoms with van der Waals surface area (Å²) in [5, 5.41) is 1.86. The number of hydrogen-bond donors (Lipinski definition) is 0. The van der Waals surface area contributed by atoms with Crippen molar-refractivity contribution in [2.75, 3.05) is 21.3 Å². The van der Waals surface area contributed by atoms with Gasteiger partial charge in [-0.15, -0.1) is 11.3 Å². The van der Waals surface area contributed by atoms with Gasteiger partial charge < -0.3 is 4.74 Å². The Morgan fingerprint density at radius 1 is 1.40 bits per heavy atom. The van der Waals surface area contributed by atoms with Gasteiger partial charge in [0, 0.05) is 17.1 Å². The van der Waals surface area contributed by atoms with Crippen LogP contribution in [0.5, 0.6) is 5.88 Å². The first-order valence-corrected chi connectivity index (χ1v) is 7.30. The summed E-state index contributed by atoms with van der Waals surface area (Å²) in [5.41, 5.74) is 0.918. The van der Waals surface area contributed by atoms with Crippen LogP contribution < -0.4 is 4.74 Å². The Morgan fingerprint density at radius 2 is 2.15 bits per heavy atom. The first-order chi connectivity index (χ1) is 9.56. The fourth-order valence-electron chi connectivity index (χ4n) is 1.55. The molecule has 106 valence electrons. The molecular formula is C13H13BrN2O3S. The third-order valence-corrected chi connectivity index (χ3v) is 4.18. The molecule has 0 saturated heterocycles. The van der Waals surface area contributed by atoms with Gasteiger partial charge >= 0.3 is 0 Å². The lowest BCUT2D eigenvalue weighted by Gasteiger charge is -2.12. The third-order valence-electron chi connectivity index (χ3n) is 2.62. The minimum atomic E-state index is -0.289. The van der Waals surface area contributed by atoms with Gasteiger partial charge in [0.25, 0.3) is 5.91 Å². The summed E-state index contributed by atoms with van der Waals surface area (Å²) in [4.78, 5) is 21.8. The predicted octanol–water partition coefficient (Wildman–Crippen LogP) is 3.21. The molecule has 20 heavy (non-hydrogen) atoms. The van der Waals surface area contributed by atoms with Crippen LogP contribution in [0.3, 0.4) is 0 Å². The fraction of sp³-hybridized carbons (Fsp3) is 0.231. The number of thiazole rings is 1. The molecule has 0 atom stereocenters. The molecule has 0 unspecified atom stereocenters. The zero-order chi connectivity index (χ0) is 14.7. The Balaban J connectivity index is 2.43. The van der Waals surface area contributed by atoms with Crippen molar-refractivity contribution >= 4 is 33.2 Å². The van der Waals surface area contributed by atoms with Crippen molar-refractivity contribution in [3.05, 3.63) is 33.6 Å². The standard InChI is InChI=1S/C13H13BrN2O3S/c1-16(19-3)13(17)10-11(18-2)15-12(20-10)8-5-4-6-9(14)7-8/h4-7H,1-3H3. The molecule has 5 nitrogen and oxygen atoms in total. The lowest BCUT2D eigenvalue weighted by Crippen LogP contribution is -2.24. The molecule has 0 fully saturated rings. The summed E-state index contributed by atoms with van der Waals surface area (Å²) in [6.45, 7) is 0. The minimum Gasteiger partial charge on any atom is -0.480 e. The summed E-state index contributed by atoms with van der Waals surface area (Å²) >= 11 is 4.69. The Hall–Kier alpha value is -1.44. The number of hydrogen-bond acceptors (Lipinski definition) is 5. The van der Waals surface area contributed by atoms with Crippen molar-refractivity contribution in [2.24, 2.45) is 0 Å². The number of aromatic nitrogens is 1. The molecule has 2 aromatic rings. The van der Waals surface area contributed by atoms with E-state index in [2.05, 4.69) is 20.9 Å². The van der Waals surface area contributed by atoms with Gasteiger partial charge in [-0.25, -0.2) is 10.0 Å². The van der Waals surface area contributed by atoms with Crippen LogP contribution in [0.25, 0.3) is 10.6 Å². The number of carbonyl (C=O) groups excluding carboxylic acids is 1. The number of carbonyl (C=O) groups is 1. The largest absolute Gasteiger partial charge is 0.480 e. The van der Waals surface area contributed by atoms with Crippen LogP contribution in [0, 0.1) is 0 Å². The van der Waals surface area contributed by atoms with Gasteiger partial charge in [-0.1, -0.05) is 28.1 Å². The molecule has 1 aromatic heterocycles. The molecule has 0 N–H and O–H groups in total. The molecule has 1 heterocycles. The van der Waals surface area contributed by atoms with Crippen molar-refractivity contribution in [3.63, 3.8) is 0 Å². The number of rotatable bonds is 4. The topological polar surface area (TPSA) is 51.7 Å². The molecule has 0 spiro atoms. The van der Waals surface area contributed by atoms with E-state index in [9.17, 15) is 4.79 Å². The molecule has 2 rings (SSSR count). The highest BCUT2D eigenvalue weighted by atomic mass is 79.9. The quantitative estimate of drug-likeness (QED) is 0.789. The molecule has 0 aliphatic rings. The molecule has 0 saturated carbocycles. The first kappa shape index (κ1) is 15.0. The number of benzene rings is 1. The zero-order valence-corrected chi connectivity index (χ0v) is 13.6. The van der Waals surface area contributed by atoms with Gasteiger partial charge in [0.1, 0.15) is 5.01 Å². The van der Waals surface area contributed by atoms with E-state index in [1.54, 1.807) is 7.05 Å². The van der Waals surface area contributed by atoms with Gasteiger partial charge in [-0.05, 0) is 12.1 Å². The average Bonchev–Trinajstić information content (AvgIpc) is 2.89. The molecule has 0 radical (unpaired) electrons. The van der Waals surface area contributed by atoms with Gasteiger partial charge in [0.05, 0.1) is 14.2 Å². The van der Waals surface area contributed by atoms with Gasteiger partial charge in [-0.2, -0.15) is 0 Å². The van der Waals surface area contributed by atoms with E-state index in [0.717, 1.165) is 20.1 Å². The van der Waals surface area contributed by atoms with Crippen molar-refractivity contribution in [1.29, 1.82) is 0 Å². The van der Waals surface area contributed by atoms with E-state index in [0.29, 0.717) is 10.8 Å². The maximum Gasteiger partial charge on any atom is 0.292 e. The second kappa shape index (κ2) is 6.34. The molecule has 7 heteroatoms. The van der Waals surface area contributed by atoms with Gasteiger partial charge in [0.15, 0.2) is 4.88 Å². The zero-order valence-electron chi connectivity index (χ0n) is 11.2. The molecular weight excluding hydrogens is 344 g/mol. The highest BCUT2D eigenvalue weighted by Crippen LogP contribution is 2.34. The second-order valence-electron chi connectivity index (χ2n) is 3.85. The predicted molar refractivity (Wildman–Crippen MR) is 80.9 cm³/mol. The molecule has 0 aliphatic heterocycles. The molecule has 0 bridgehead atoms. The monoisotopic (exact) mass is 356 g/mol. The third kappa shape index (κ3) is 3.00. The average molecular weight is 357 g/mol. The number of methoxy groups -OCH3 is 1. The summed E-state index contributed by atoms with van der Waals surface area (Å²) in [6.07, 6.45) is 0. The van der Waals surface area contributed by atoms with Gasteiger partial charge in [0.2, 0.25) is 5.88 Å². The van der Waals surface area contributed by atoms with E-state index in [-0.39, 0.29) is 5.91 Å². The van der Waals surface area contributed by atoms with E-state index in [1.165, 1.54) is 25.6 Å². The smallest absolute Gasteiger partial charge is 0.292 e. The van der Waals surface area contributed by atoms with Crippen LogP contribution in [0.2, 0.25) is 0 Å². The van der Waals surface area contributed by atoms with Crippen molar-refractivity contribution in [3.8, 4) is 16.5 Å². The highest BCUT2D eigenvalue weighted by Gasteiger charge is 2.23. The minimum absolute atomic E-state index is 0.289. The molecule has 0 aliphatic carbocycles. The maximum absolute atomic E-state index is 12.1. The van der Waals surface area contributed by atoms with Crippen molar-refractivity contribution in [1.82, 2.24) is 10.0 Å². The van der Waals surface area contributed by atoms with Crippen LogP contribution in [0.1, 0.15) is 9.67 Å². The lowest BCUT2D eigenvalue weighted by atomic mass is 10.2. The summed E-state index contributed by atoms with van der Waals surface area (Å²) < 4.78 is 6.13. The number of hydroxylamine groups is 2. The Morgan fingerprint density at radius 3 is 2.75 bits per heavy atom. The van der Waals surface area contributed by atoms with E-state index in [4.69, 9.17) is 9.57 Å². The normalized spacial score (nSPS) is 10.4. The van der Waals surface area contributed by atoms with E-state index < -0.39 is 0 Å². The Kier molecular flexibility index (Phi) is 4.74. The first-order valence-electron chi connectivity index (χ1n) is 5.69. The van der Waals surface area contributed by atoms with Crippen LogP contribution in [0.4, 0.5) is 0 Å². The van der Waals surface area contributed by atoms with Crippen LogP contribution in [-0.2, 0) is 4.84 Å². The van der Waals surface area contributed by atoms with Crippen molar-refractivity contribution < 1.29 is 14.4 Å². The molecule has 1 aromatic carbocycles. The summed E-state index contributed by atoms with van der Waals surface area (Å²) in [7, 11) is 4.46. The Bertz CT molecular complexity index is 630. The Labute approximate surface area is 129 Å². The summed E-state index contributed by atoms with van der Waals surface area (Å²) in [5.74, 6) is 0.0157. The van der Waals surface area contributed by atoms with Crippen LogP contribution in [0.15, 0.2) is 28.7 Å². The highest BCUT2D eigenvalue weighted by molar-refractivity contribution is 9.10. The van der Waals surface area contributed by atoms with E-state index >= 15 is 0 Å². The number of amides is 1. The summed E-state index contributed by atoms with van der Waals surface area (Å²) in [6, 6.07) is 7.71. The van der Waals surface area contributed by atoms with E-state index in [1.807, 2.05) is 24.3 Å². The second-order valence-corrected chi connectivity index (χ2v) is 5.77. The fourth-order valence-corrected chi connectivity index (χ4v) is 2.95. The molecule has 1 amide bonds. The number of halogens is 1. The van der Waals surface area contributed by atoms with Gasteiger partial charge in [-0.3, -0.25) is 9.63 Å². The number of nitrogens with zero attached hydrogens (tertiary/aromatic N) is 2. The lowest BCUT2D eigenvalue weighted by molar-refractivity contribution is -0.0755. The number of ether oxygens (including phenoxy) is 1. The van der Waals surface area contributed by atoms with Crippen molar-refractivity contribution in [2.45, 2.75) is 0 Å².